The standard InChI is InChI=1S/C13H25ClN2O2/c1-13(2,3)18-11-12(17)16-7-4-6-15(8-5-14)9-10-16/h4-11H2,1-3H3. The number of alkyl halides is 1. The van der Waals surface area contributed by atoms with E-state index in [1.807, 2.05) is 25.7 Å². The second-order valence-electron chi connectivity index (χ2n) is 5.67. The highest BCUT2D eigenvalue weighted by atomic mass is 35.5. The van der Waals surface area contributed by atoms with Crippen molar-refractivity contribution in [3.8, 4) is 0 Å². The maximum absolute atomic E-state index is 12.0. The molecule has 1 aliphatic heterocycles. The number of halogens is 1. The molecule has 106 valence electrons. The molecule has 1 saturated heterocycles. The first-order valence-corrected chi connectivity index (χ1v) is 7.16. The van der Waals surface area contributed by atoms with Crippen LogP contribution in [-0.2, 0) is 9.53 Å². The second kappa shape index (κ2) is 7.31. The Labute approximate surface area is 115 Å². The number of hydrogen-bond donors (Lipinski definition) is 0. The van der Waals surface area contributed by atoms with Gasteiger partial charge in [0.25, 0.3) is 0 Å². The zero-order valence-corrected chi connectivity index (χ0v) is 12.5. The van der Waals surface area contributed by atoms with Crippen molar-refractivity contribution in [2.45, 2.75) is 32.8 Å². The van der Waals surface area contributed by atoms with Gasteiger partial charge in [-0.2, -0.15) is 0 Å². The van der Waals surface area contributed by atoms with Crippen molar-refractivity contribution in [2.24, 2.45) is 0 Å². The van der Waals surface area contributed by atoms with Crippen LogP contribution in [0, 0.1) is 0 Å². The molecule has 0 unspecified atom stereocenters. The molecule has 0 spiro atoms. The van der Waals surface area contributed by atoms with E-state index in [9.17, 15) is 4.79 Å². The van der Waals surface area contributed by atoms with Gasteiger partial charge in [-0.15, -0.1) is 11.6 Å². The third-order valence-corrected chi connectivity index (χ3v) is 3.14. The lowest BCUT2D eigenvalue weighted by Crippen LogP contribution is -2.39. The van der Waals surface area contributed by atoms with E-state index in [-0.39, 0.29) is 18.1 Å². The molecule has 0 atom stereocenters. The fraction of sp³-hybridized carbons (Fsp3) is 0.923. The summed E-state index contributed by atoms with van der Waals surface area (Å²) in [5, 5.41) is 0. The van der Waals surface area contributed by atoms with Crippen molar-refractivity contribution in [1.29, 1.82) is 0 Å². The molecule has 18 heavy (non-hydrogen) atoms. The largest absolute Gasteiger partial charge is 0.366 e. The van der Waals surface area contributed by atoms with Gasteiger partial charge in [0.2, 0.25) is 5.91 Å². The van der Waals surface area contributed by atoms with Gasteiger partial charge in [-0.25, -0.2) is 0 Å². The number of carbonyl (C=O) groups excluding carboxylic acids is 1. The predicted molar refractivity (Wildman–Crippen MR) is 74.1 cm³/mol. The quantitative estimate of drug-likeness (QED) is 0.731. The van der Waals surface area contributed by atoms with Crippen molar-refractivity contribution in [3.05, 3.63) is 0 Å². The lowest BCUT2D eigenvalue weighted by atomic mass is 10.2. The lowest BCUT2D eigenvalue weighted by Gasteiger charge is -2.24. The Hall–Kier alpha value is -0.320. The Morgan fingerprint density at radius 3 is 2.56 bits per heavy atom. The summed E-state index contributed by atoms with van der Waals surface area (Å²) in [5.41, 5.74) is -0.258. The molecule has 0 radical (unpaired) electrons. The summed E-state index contributed by atoms with van der Waals surface area (Å²) < 4.78 is 5.53. The zero-order valence-electron chi connectivity index (χ0n) is 11.7. The number of carbonyl (C=O) groups is 1. The number of hydrogen-bond acceptors (Lipinski definition) is 3. The van der Waals surface area contributed by atoms with Crippen molar-refractivity contribution in [1.82, 2.24) is 9.80 Å². The molecule has 1 rings (SSSR count). The Morgan fingerprint density at radius 2 is 1.94 bits per heavy atom. The molecule has 0 aromatic rings. The summed E-state index contributed by atoms with van der Waals surface area (Å²) in [4.78, 5) is 16.2. The molecule has 0 aromatic carbocycles. The third-order valence-electron chi connectivity index (χ3n) is 2.97. The molecule has 0 aliphatic carbocycles. The van der Waals surface area contributed by atoms with Gasteiger partial charge in [0.15, 0.2) is 0 Å². The highest BCUT2D eigenvalue weighted by Gasteiger charge is 2.20. The number of rotatable bonds is 4. The Kier molecular flexibility index (Phi) is 6.39. The van der Waals surface area contributed by atoms with Crippen molar-refractivity contribution in [2.75, 3.05) is 45.2 Å². The van der Waals surface area contributed by atoms with E-state index >= 15 is 0 Å². The van der Waals surface area contributed by atoms with E-state index in [0.29, 0.717) is 5.88 Å². The molecular formula is C13H25ClN2O2. The number of amides is 1. The fourth-order valence-electron chi connectivity index (χ4n) is 1.93. The first-order valence-electron chi connectivity index (χ1n) is 6.62. The molecule has 4 nitrogen and oxygen atoms in total. The van der Waals surface area contributed by atoms with Crippen LogP contribution in [0.3, 0.4) is 0 Å². The fourth-order valence-corrected chi connectivity index (χ4v) is 2.17. The summed E-state index contributed by atoms with van der Waals surface area (Å²) in [5.74, 6) is 0.749. The summed E-state index contributed by atoms with van der Waals surface area (Å²) in [6.07, 6.45) is 1.01. The first kappa shape index (κ1) is 15.7. The molecule has 0 bridgehead atoms. The van der Waals surface area contributed by atoms with Crippen LogP contribution in [0.2, 0.25) is 0 Å². The van der Waals surface area contributed by atoms with Crippen LogP contribution in [0.25, 0.3) is 0 Å². The lowest BCUT2D eigenvalue weighted by molar-refractivity contribution is -0.140. The number of nitrogens with zero attached hydrogens (tertiary/aromatic N) is 2. The Bertz CT molecular complexity index is 266. The molecule has 0 N–H and O–H groups in total. The average molecular weight is 277 g/mol. The van der Waals surface area contributed by atoms with Crippen LogP contribution in [0.5, 0.6) is 0 Å². The van der Waals surface area contributed by atoms with Crippen LogP contribution >= 0.6 is 11.6 Å². The Balaban J connectivity index is 2.35. The van der Waals surface area contributed by atoms with Crippen LogP contribution in [-0.4, -0.2) is 66.5 Å². The minimum Gasteiger partial charge on any atom is -0.366 e. The number of ether oxygens (including phenoxy) is 1. The maximum Gasteiger partial charge on any atom is 0.248 e. The van der Waals surface area contributed by atoms with E-state index in [4.69, 9.17) is 16.3 Å². The SMILES string of the molecule is CC(C)(C)OCC(=O)N1CCCN(CCCl)CC1. The molecule has 0 aromatic heterocycles. The maximum atomic E-state index is 12.0. The average Bonchev–Trinajstić information content (AvgIpc) is 2.51. The summed E-state index contributed by atoms with van der Waals surface area (Å²) >= 11 is 5.74. The normalized spacial score (nSPS) is 18.8. The van der Waals surface area contributed by atoms with Gasteiger partial charge in [-0.1, -0.05) is 0 Å². The minimum absolute atomic E-state index is 0.0950. The molecule has 1 aliphatic rings. The van der Waals surface area contributed by atoms with Gasteiger partial charge in [0, 0.05) is 32.1 Å². The van der Waals surface area contributed by atoms with Gasteiger partial charge in [0.05, 0.1) is 5.60 Å². The Morgan fingerprint density at radius 1 is 1.22 bits per heavy atom. The monoisotopic (exact) mass is 276 g/mol. The van der Waals surface area contributed by atoms with E-state index in [1.54, 1.807) is 0 Å². The van der Waals surface area contributed by atoms with E-state index in [2.05, 4.69) is 4.90 Å². The van der Waals surface area contributed by atoms with E-state index in [0.717, 1.165) is 39.1 Å². The van der Waals surface area contributed by atoms with Crippen molar-refractivity contribution >= 4 is 17.5 Å². The molecule has 5 heteroatoms. The van der Waals surface area contributed by atoms with Gasteiger partial charge in [0.1, 0.15) is 6.61 Å². The van der Waals surface area contributed by atoms with E-state index < -0.39 is 0 Å². The van der Waals surface area contributed by atoms with Crippen LogP contribution < -0.4 is 0 Å². The van der Waals surface area contributed by atoms with Crippen LogP contribution in [0.15, 0.2) is 0 Å². The molecule has 1 amide bonds. The predicted octanol–water partition coefficient (Wildman–Crippen LogP) is 1.57. The topological polar surface area (TPSA) is 32.8 Å². The van der Waals surface area contributed by atoms with Gasteiger partial charge >= 0.3 is 0 Å². The smallest absolute Gasteiger partial charge is 0.248 e. The highest BCUT2D eigenvalue weighted by molar-refractivity contribution is 6.18. The molecule has 0 saturated carbocycles. The molecule has 1 heterocycles. The molecular weight excluding hydrogens is 252 g/mol. The summed E-state index contributed by atoms with van der Waals surface area (Å²) in [6.45, 7) is 10.5. The summed E-state index contributed by atoms with van der Waals surface area (Å²) in [7, 11) is 0. The zero-order chi connectivity index (χ0) is 13.6. The van der Waals surface area contributed by atoms with Gasteiger partial charge in [-0.05, 0) is 33.7 Å². The van der Waals surface area contributed by atoms with Crippen LogP contribution in [0.4, 0.5) is 0 Å². The van der Waals surface area contributed by atoms with Crippen LogP contribution in [0.1, 0.15) is 27.2 Å². The van der Waals surface area contributed by atoms with Gasteiger partial charge in [-0.3, -0.25) is 4.79 Å². The first-order chi connectivity index (χ1) is 8.42. The summed E-state index contributed by atoms with van der Waals surface area (Å²) in [6, 6.07) is 0. The van der Waals surface area contributed by atoms with E-state index in [1.165, 1.54) is 0 Å². The van der Waals surface area contributed by atoms with Crippen molar-refractivity contribution < 1.29 is 9.53 Å². The minimum atomic E-state index is -0.258. The van der Waals surface area contributed by atoms with Crippen molar-refractivity contribution in [3.63, 3.8) is 0 Å². The second-order valence-corrected chi connectivity index (χ2v) is 6.04. The highest BCUT2D eigenvalue weighted by Crippen LogP contribution is 2.08. The molecule has 1 fully saturated rings. The van der Waals surface area contributed by atoms with Gasteiger partial charge < -0.3 is 14.5 Å². The third kappa shape index (κ3) is 6.03.